The fourth-order valence-electron chi connectivity index (χ4n) is 1.63. The van der Waals surface area contributed by atoms with Crippen LogP contribution in [0.2, 0.25) is 0 Å². The highest BCUT2D eigenvalue weighted by atomic mass is 32.1. The lowest BCUT2D eigenvalue weighted by molar-refractivity contribution is 0.344. The molecule has 1 aromatic heterocycles. The van der Waals surface area contributed by atoms with E-state index in [9.17, 15) is 0 Å². The average molecular weight is 266 g/mol. The fraction of sp³-hybridized carbons (Fsp3) is 0.538. The molecular formula is C13H22N4S. The van der Waals surface area contributed by atoms with E-state index in [2.05, 4.69) is 43.1 Å². The molecule has 0 fully saturated rings. The van der Waals surface area contributed by atoms with E-state index in [0.717, 1.165) is 17.9 Å². The van der Waals surface area contributed by atoms with Crippen LogP contribution in [0, 0.1) is 5.92 Å². The summed E-state index contributed by atoms with van der Waals surface area (Å²) >= 11 is 4.90. The van der Waals surface area contributed by atoms with Crippen molar-refractivity contribution in [3.05, 3.63) is 23.9 Å². The molecular weight excluding hydrogens is 244 g/mol. The second-order valence-corrected chi connectivity index (χ2v) is 5.49. The van der Waals surface area contributed by atoms with Gasteiger partial charge in [-0.3, -0.25) is 0 Å². The third-order valence-electron chi connectivity index (χ3n) is 2.75. The van der Waals surface area contributed by atoms with E-state index in [1.807, 2.05) is 12.1 Å². The number of nitrogens with one attached hydrogen (secondary N) is 1. The Labute approximate surface area is 115 Å². The van der Waals surface area contributed by atoms with Crippen LogP contribution < -0.4 is 11.1 Å². The Kier molecular flexibility index (Phi) is 5.50. The number of rotatable bonds is 6. The van der Waals surface area contributed by atoms with Gasteiger partial charge >= 0.3 is 0 Å². The van der Waals surface area contributed by atoms with Crippen LogP contribution in [0.1, 0.15) is 19.4 Å². The van der Waals surface area contributed by atoms with Crippen LogP contribution in [-0.4, -0.2) is 41.6 Å². The normalized spacial score (nSPS) is 12.8. The van der Waals surface area contributed by atoms with Crippen molar-refractivity contribution < 1.29 is 0 Å². The highest BCUT2D eigenvalue weighted by Gasteiger charge is 2.14. The molecule has 0 amide bonds. The summed E-state index contributed by atoms with van der Waals surface area (Å²) in [6.45, 7) is 5.37. The number of thiocarbonyl (C=S) groups is 1. The Morgan fingerprint density at radius 3 is 2.50 bits per heavy atom. The van der Waals surface area contributed by atoms with E-state index < -0.39 is 0 Å². The van der Waals surface area contributed by atoms with Crippen molar-refractivity contribution in [1.29, 1.82) is 0 Å². The number of likely N-dealkylation sites (N-methyl/N-ethyl adjacent to an activating group) is 1. The maximum Gasteiger partial charge on any atom is 0.126 e. The van der Waals surface area contributed by atoms with Gasteiger partial charge in [0.15, 0.2) is 0 Å². The minimum Gasteiger partial charge on any atom is -0.389 e. The molecule has 0 radical (unpaired) electrons. The number of aromatic nitrogens is 1. The zero-order valence-electron chi connectivity index (χ0n) is 11.5. The molecule has 18 heavy (non-hydrogen) atoms. The van der Waals surface area contributed by atoms with Gasteiger partial charge in [0.05, 0.1) is 0 Å². The van der Waals surface area contributed by atoms with Gasteiger partial charge in [-0.15, -0.1) is 0 Å². The van der Waals surface area contributed by atoms with Crippen molar-refractivity contribution in [1.82, 2.24) is 9.88 Å². The molecule has 1 heterocycles. The summed E-state index contributed by atoms with van der Waals surface area (Å²) < 4.78 is 0. The van der Waals surface area contributed by atoms with Crippen LogP contribution in [0.15, 0.2) is 18.3 Å². The van der Waals surface area contributed by atoms with Gasteiger partial charge < -0.3 is 16.0 Å². The molecule has 0 aliphatic heterocycles. The van der Waals surface area contributed by atoms with Crippen LogP contribution in [0.3, 0.4) is 0 Å². The summed E-state index contributed by atoms with van der Waals surface area (Å²) in [4.78, 5) is 6.88. The van der Waals surface area contributed by atoms with Crippen LogP contribution in [0.25, 0.3) is 0 Å². The van der Waals surface area contributed by atoms with E-state index >= 15 is 0 Å². The number of pyridine rings is 1. The maximum atomic E-state index is 5.54. The second kappa shape index (κ2) is 6.66. The largest absolute Gasteiger partial charge is 0.389 e. The van der Waals surface area contributed by atoms with Gasteiger partial charge in [0.25, 0.3) is 0 Å². The Bertz CT molecular complexity index is 386. The van der Waals surface area contributed by atoms with Crippen molar-refractivity contribution in [2.45, 2.75) is 19.9 Å². The van der Waals surface area contributed by atoms with Gasteiger partial charge in [-0.1, -0.05) is 26.1 Å². The first kappa shape index (κ1) is 14.9. The third-order valence-corrected chi connectivity index (χ3v) is 2.98. The Balaban J connectivity index is 2.72. The summed E-state index contributed by atoms with van der Waals surface area (Å²) in [6.07, 6.45) is 1.71. The van der Waals surface area contributed by atoms with Crippen molar-refractivity contribution in [3.8, 4) is 0 Å². The molecule has 100 valence electrons. The molecule has 1 unspecified atom stereocenters. The zero-order valence-corrected chi connectivity index (χ0v) is 12.3. The Morgan fingerprint density at radius 2 is 2.11 bits per heavy atom. The molecule has 1 aromatic rings. The summed E-state index contributed by atoms with van der Waals surface area (Å²) in [5, 5.41) is 3.44. The highest BCUT2D eigenvalue weighted by molar-refractivity contribution is 7.80. The van der Waals surface area contributed by atoms with Gasteiger partial charge in [0.2, 0.25) is 0 Å². The quantitative estimate of drug-likeness (QED) is 0.768. The summed E-state index contributed by atoms with van der Waals surface area (Å²) in [5.74, 6) is 1.39. The van der Waals surface area contributed by atoms with E-state index in [1.165, 1.54) is 0 Å². The fourth-order valence-corrected chi connectivity index (χ4v) is 1.75. The topological polar surface area (TPSA) is 54.2 Å². The molecule has 0 spiro atoms. The molecule has 0 saturated heterocycles. The predicted octanol–water partition coefficient (Wildman–Crippen LogP) is 1.71. The Morgan fingerprint density at radius 1 is 1.44 bits per heavy atom. The number of nitrogens with zero attached hydrogens (tertiary/aromatic N) is 2. The van der Waals surface area contributed by atoms with Crippen LogP contribution in [-0.2, 0) is 0 Å². The highest BCUT2D eigenvalue weighted by Crippen LogP contribution is 2.11. The lowest BCUT2D eigenvalue weighted by atomic mass is 10.0. The van der Waals surface area contributed by atoms with Crippen molar-refractivity contribution >= 4 is 23.0 Å². The molecule has 5 heteroatoms. The average Bonchev–Trinajstić information content (AvgIpc) is 2.28. The van der Waals surface area contributed by atoms with Gasteiger partial charge in [-0.25, -0.2) is 4.98 Å². The summed E-state index contributed by atoms with van der Waals surface area (Å²) in [6, 6.07) is 4.17. The maximum absolute atomic E-state index is 5.54. The molecule has 0 bridgehead atoms. The molecule has 4 nitrogen and oxygen atoms in total. The monoisotopic (exact) mass is 266 g/mol. The van der Waals surface area contributed by atoms with Crippen LogP contribution in [0.4, 0.5) is 5.82 Å². The van der Waals surface area contributed by atoms with Crippen LogP contribution in [0.5, 0.6) is 0 Å². The van der Waals surface area contributed by atoms with Crippen LogP contribution >= 0.6 is 12.2 Å². The van der Waals surface area contributed by atoms with Crippen molar-refractivity contribution in [2.24, 2.45) is 11.7 Å². The van der Waals surface area contributed by atoms with Gasteiger partial charge in [-0.05, 0) is 32.1 Å². The number of hydrogen-bond donors (Lipinski definition) is 2. The lowest BCUT2D eigenvalue weighted by Crippen LogP contribution is -2.36. The molecule has 0 aliphatic rings. The van der Waals surface area contributed by atoms with Gasteiger partial charge in [0.1, 0.15) is 10.8 Å². The van der Waals surface area contributed by atoms with Gasteiger partial charge in [0, 0.05) is 24.3 Å². The lowest BCUT2D eigenvalue weighted by Gasteiger charge is -2.26. The SMILES string of the molecule is CC(C)C(CN(C)C)Nc1ccc(C(N)=S)cn1. The predicted molar refractivity (Wildman–Crippen MR) is 80.9 cm³/mol. The standard InChI is InChI=1S/C13H22N4S/c1-9(2)11(8-17(3)4)16-12-6-5-10(7-15-12)13(14)18/h5-7,9,11H,8H2,1-4H3,(H2,14,18)(H,15,16). The molecule has 0 aromatic carbocycles. The minimum absolute atomic E-state index is 0.364. The van der Waals surface area contributed by atoms with Gasteiger partial charge in [-0.2, -0.15) is 0 Å². The van der Waals surface area contributed by atoms with Crippen molar-refractivity contribution in [3.63, 3.8) is 0 Å². The zero-order chi connectivity index (χ0) is 13.7. The van der Waals surface area contributed by atoms with E-state index in [4.69, 9.17) is 18.0 Å². The van der Waals surface area contributed by atoms with E-state index in [1.54, 1.807) is 6.20 Å². The molecule has 0 saturated carbocycles. The number of hydrogen-bond acceptors (Lipinski definition) is 4. The third kappa shape index (κ3) is 4.58. The summed E-state index contributed by atoms with van der Waals surface area (Å²) in [5.41, 5.74) is 6.34. The number of anilines is 1. The first-order valence-electron chi connectivity index (χ1n) is 6.07. The smallest absolute Gasteiger partial charge is 0.126 e. The molecule has 1 rings (SSSR count). The summed E-state index contributed by atoms with van der Waals surface area (Å²) in [7, 11) is 4.14. The first-order valence-corrected chi connectivity index (χ1v) is 6.48. The first-order chi connectivity index (χ1) is 8.40. The van der Waals surface area contributed by atoms with Crippen molar-refractivity contribution in [2.75, 3.05) is 26.0 Å². The molecule has 0 aliphatic carbocycles. The second-order valence-electron chi connectivity index (χ2n) is 5.05. The molecule has 3 N–H and O–H groups in total. The van der Waals surface area contributed by atoms with E-state index in [-0.39, 0.29) is 0 Å². The van der Waals surface area contributed by atoms with E-state index in [0.29, 0.717) is 16.9 Å². The Hall–Kier alpha value is -1.20. The number of nitrogens with two attached hydrogens (primary N) is 1. The molecule has 1 atom stereocenters. The minimum atomic E-state index is 0.364.